The summed E-state index contributed by atoms with van der Waals surface area (Å²) in [6.07, 6.45) is 8.01. The van der Waals surface area contributed by atoms with Crippen molar-refractivity contribution in [2.24, 2.45) is 7.05 Å². The van der Waals surface area contributed by atoms with E-state index in [0.29, 0.717) is 46.2 Å². The van der Waals surface area contributed by atoms with Gasteiger partial charge in [-0.3, -0.25) is 43.5 Å². The molecule has 0 saturated carbocycles. The Bertz CT molecular complexity index is 2810. The summed E-state index contributed by atoms with van der Waals surface area (Å²) in [4.78, 5) is 58.1. The Hall–Kier alpha value is -6.93. The van der Waals surface area contributed by atoms with Gasteiger partial charge in [0.2, 0.25) is 11.8 Å². The molecule has 20 heteroatoms. The average Bonchev–Trinajstić information content (AvgIpc) is 3.92. The zero-order valence-electron chi connectivity index (χ0n) is 34.8. The van der Waals surface area contributed by atoms with Crippen LogP contribution in [0.2, 0.25) is 0 Å². The molecule has 0 aliphatic carbocycles. The number of aromatic nitrogens is 5. The number of nitrogens with two attached hydrogens (primary N) is 1. The molecule has 2 atom stereocenters. The van der Waals surface area contributed by atoms with Crippen LogP contribution in [0.25, 0.3) is 33.3 Å². The van der Waals surface area contributed by atoms with Crippen molar-refractivity contribution in [3.05, 3.63) is 107 Å². The van der Waals surface area contributed by atoms with Crippen molar-refractivity contribution >= 4 is 63.1 Å². The number of nitrogens with zero attached hydrogens (tertiary/aromatic N) is 7. The number of piperidine rings is 2. The van der Waals surface area contributed by atoms with E-state index in [-0.39, 0.29) is 47.4 Å². The summed E-state index contributed by atoms with van der Waals surface area (Å²) in [6.45, 7) is 2.75. The smallest absolute Gasteiger partial charge is 0.330 e. The lowest BCUT2D eigenvalue weighted by atomic mass is 10.0. The van der Waals surface area contributed by atoms with Crippen LogP contribution in [0.4, 0.5) is 30.4 Å². The topological polar surface area (TPSA) is 202 Å². The van der Waals surface area contributed by atoms with Gasteiger partial charge in [0, 0.05) is 87.0 Å². The molecule has 0 bridgehead atoms. The number of halogens is 3. The van der Waals surface area contributed by atoms with E-state index >= 15 is 0 Å². The third-order valence-electron chi connectivity index (χ3n) is 11.7. The number of hydrogen-bond donors (Lipinski definition) is 4. The van der Waals surface area contributed by atoms with Crippen molar-refractivity contribution < 1.29 is 36.6 Å². The predicted molar refractivity (Wildman–Crippen MR) is 235 cm³/mol. The maximum Gasteiger partial charge on any atom is 0.330 e. The number of nitrogen functional groups attached to an aromatic ring is 1. The second kappa shape index (κ2) is 18.4. The van der Waals surface area contributed by atoms with Gasteiger partial charge in [0.05, 0.1) is 34.4 Å². The van der Waals surface area contributed by atoms with E-state index in [0.717, 1.165) is 55.2 Å². The summed E-state index contributed by atoms with van der Waals surface area (Å²) in [6, 6.07) is 16.2. The number of carbonyl (C=O) groups excluding carboxylic acids is 4. The van der Waals surface area contributed by atoms with Crippen LogP contribution in [-0.4, -0.2) is 94.5 Å². The minimum Gasteiger partial charge on any atom is -0.383 e. The Balaban J connectivity index is 0.906. The Morgan fingerprint density at radius 1 is 1.03 bits per heavy atom. The Morgan fingerprint density at radius 3 is 2.53 bits per heavy atom. The van der Waals surface area contributed by atoms with Gasteiger partial charge in [-0.25, -0.2) is 13.6 Å². The number of likely N-dealkylation sites (tertiary alicyclic amines) is 1. The van der Waals surface area contributed by atoms with E-state index in [1.165, 1.54) is 24.1 Å². The van der Waals surface area contributed by atoms with Gasteiger partial charge in [0.15, 0.2) is 17.3 Å². The van der Waals surface area contributed by atoms with Crippen molar-refractivity contribution in [3.8, 4) is 22.4 Å². The number of benzene rings is 3. The number of likely N-dealkylation sites (N-methyl/N-ethyl adjacent to an activating group) is 1. The summed E-state index contributed by atoms with van der Waals surface area (Å²) < 4.78 is 57.7. The van der Waals surface area contributed by atoms with Crippen molar-refractivity contribution in [1.82, 2.24) is 39.7 Å². The number of alkyl halides is 2. The maximum absolute atomic E-state index is 15.0. The Kier molecular flexibility index (Phi) is 12.6. The number of carbonyl (C=O) groups is 4. The molecule has 3 aromatic heterocycles. The molecule has 16 nitrogen and oxygen atoms in total. The molecule has 6 aromatic rings. The molecule has 5 heterocycles. The zero-order valence-corrected chi connectivity index (χ0v) is 35.6. The minimum absolute atomic E-state index is 0.117. The van der Waals surface area contributed by atoms with Crippen molar-refractivity contribution in [3.63, 3.8) is 0 Å². The summed E-state index contributed by atoms with van der Waals surface area (Å²) in [7, 11) is 0.463. The molecule has 2 fully saturated rings. The molecular formula is C44H44F3N11O5S. The third kappa shape index (κ3) is 8.96. The van der Waals surface area contributed by atoms with Gasteiger partial charge in [0.1, 0.15) is 23.4 Å². The molecular weight excluding hydrogens is 852 g/mol. The molecule has 3 aromatic carbocycles. The van der Waals surface area contributed by atoms with Crippen LogP contribution in [0.15, 0.2) is 79.3 Å². The first kappa shape index (κ1) is 43.7. The molecule has 0 radical (unpaired) electrons. The molecule has 2 saturated heterocycles. The molecule has 332 valence electrons. The van der Waals surface area contributed by atoms with Gasteiger partial charge in [-0.15, -0.1) is 0 Å². The lowest BCUT2D eigenvalue weighted by molar-refractivity contribution is -0.136. The average molecular weight is 896 g/mol. The SMILES string of the molecule is CN(C(=O)c1c(C=O)cccc1NCc1cccc(CN2CCC(n3cc(-c4cnc(N)c5c(-c6ccc(NS(=O)C(F)F)c(F)c6)nn(C)c45)cn3)CC2)c1)C1CCC(=O)NC1=O. The van der Waals surface area contributed by atoms with E-state index < -0.39 is 40.4 Å². The van der Waals surface area contributed by atoms with Crippen molar-refractivity contribution in [2.75, 3.05) is 35.9 Å². The second-order valence-corrected chi connectivity index (χ2v) is 16.9. The van der Waals surface area contributed by atoms with Crippen LogP contribution in [-0.2, 0) is 40.7 Å². The molecule has 5 N–H and O–H groups in total. The standard InChI is InChI=1S/C44H44F3N11O5S/c1-55(35-11-12-36(60)52-42(35)61)43(62)37-28(24-59)7-4-8-34(37)49-19-25-5-3-6-26(17-25)22-57-15-13-30(14-16-57)58-23-29(20-51-58)31-21-50-41(48)38-39(53-56(2)40(31)38)27-9-10-33(32(45)18-27)54-64(63)44(46)47/h3-10,17-18,20-21,23-24,30,35,44,49,54H,11-16,19,22H2,1-2H3,(H2,48,50)(H,52,60,61). The van der Waals surface area contributed by atoms with Crippen LogP contribution in [0.3, 0.4) is 0 Å². The Morgan fingerprint density at radius 2 is 1.80 bits per heavy atom. The first-order chi connectivity index (χ1) is 30.8. The first-order valence-corrected chi connectivity index (χ1v) is 21.6. The fraction of sp³-hybridized carbons (Fsp3) is 0.295. The number of imide groups is 1. The van der Waals surface area contributed by atoms with E-state index in [4.69, 9.17) is 10.8 Å². The molecule has 8 rings (SSSR count). The number of nitrogens with one attached hydrogen (secondary N) is 3. The summed E-state index contributed by atoms with van der Waals surface area (Å²) in [5.41, 5.74) is 11.7. The third-order valence-corrected chi connectivity index (χ3v) is 12.4. The van der Waals surface area contributed by atoms with Gasteiger partial charge >= 0.3 is 5.76 Å². The summed E-state index contributed by atoms with van der Waals surface area (Å²) in [5.74, 6) is -5.33. The van der Waals surface area contributed by atoms with Gasteiger partial charge in [-0.2, -0.15) is 19.0 Å². The second-order valence-electron chi connectivity index (χ2n) is 15.8. The highest BCUT2D eigenvalue weighted by Gasteiger charge is 2.34. The predicted octanol–water partition coefficient (Wildman–Crippen LogP) is 5.66. The molecule has 2 unspecified atom stereocenters. The highest BCUT2D eigenvalue weighted by atomic mass is 32.2. The van der Waals surface area contributed by atoms with E-state index in [2.05, 4.69) is 37.7 Å². The largest absolute Gasteiger partial charge is 0.383 e. The highest BCUT2D eigenvalue weighted by molar-refractivity contribution is 7.86. The highest BCUT2D eigenvalue weighted by Crippen LogP contribution is 2.38. The van der Waals surface area contributed by atoms with Crippen molar-refractivity contribution in [1.29, 1.82) is 0 Å². The van der Waals surface area contributed by atoms with Gasteiger partial charge < -0.3 is 16.0 Å². The summed E-state index contributed by atoms with van der Waals surface area (Å²) in [5, 5.41) is 15.4. The van der Waals surface area contributed by atoms with Gasteiger partial charge in [0.25, 0.3) is 5.91 Å². The van der Waals surface area contributed by atoms with Gasteiger partial charge in [-0.05, 0) is 48.6 Å². The number of anilines is 3. The van der Waals surface area contributed by atoms with Crippen molar-refractivity contribution in [2.45, 2.75) is 56.6 Å². The molecule has 2 aliphatic rings. The van der Waals surface area contributed by atoms with E-state index in [9.17, 15) is 36.6 Å². The summed E-state index contributed by atoms with van der Waals surface area (Å²) >= 11 is 0. The van der Waals surface area contributed by atoms with Crippen LogP contribution in [0.1, 0.15) is 63.6 Å². The van der Waals surface area contributed by atoms with Crippen LogP contribution in [0.5, 0.6) is 0 Å². The monoisotopic (exact) mass is 895 g/mol. The number of amides is 3. The molecule has 2 aliphatic heterocycles. The normalized spacial score (nSPS) is 16.5. The fourth-order valence-electron chi connectivity index (χ4n) is 8.38. The van der Waals surface area contributed by atoms with Crippen LogP contribution in [0, 0.1) is 5.82 Å². The van der Waals surface area contributed by atoms with Crippen LogP contribution < -0.4 is 21.1 Å². The number of fused-ring (bicyclic) bond motifs is 1. The number of hydrogen-bond acceptors (Lipinski definition) is 11. The minimum atomic E-state index is -3.18. The number of aldehydes is 1. The van der Waals surface area contributed by atoms with Crippen LogP contribution >= 0.6 is 0 Å². The quantitative estimate of drug-likeness (QED) is 0.0777. The lowest BCUT2D eigenvalue weighted by Gasteiger charge is -2.32. The van der Waals surface area contributed by atoms with E-state index in [1.54, 1.807) is 42.3 Å². The zero-order chi connectivity index (χ0) is 45.2. The first-order valence-electron chi connectivity index (χ1n) is 20.4. The van der Waals surface area contributed by atoms with Gasteiger partial charge in [-0.1, -0.05) is 42.5 Å². The Labute approximate surface area is 367 Å². The molecule has 0 spiro atoms. The number of pyridine rings is 1. The number of rotatable bonds is 14. The van der Waals surface area contributed by atoms with E-state index in [1.807, 2.05) is 27.7 Å². The maximum atomic E-state index is 15.0. The molecule has 64 heavy (non-hydrogen) atoms. The lowest BCUT2D eigenvalue weighted by Crippen LogP contribution is -2.53. The molecule has 3 amide bonds. The number of aryl methyl sites for hydroxylation is 1. The fourth-order valence-corrected chi connectivity index (χ4v) is 8.85.